The van der Waals surface area contributed by atoms with Crippen LogP contribution in [-0.4, -0.2) is 9.97 Å². The van der Waals surface area contributed by atoms with Crippen LogP contribution in [0.1, 0.15) is 5.56 Å². The van der Waals surface area contributed by atoms with Crippen molar-refractivity contribution < 1.29 is 0 Å². The number of thiazole rings is 1. The molecule has 5 heteroatoms. The average Bonchev–Trinajstić information content (AvgIpc) is 2.79. The maximum atomic E-state index is 5.94. The second-order valence-electron chi connectivity index (χ2n) is 3.84. The van der Waals surface area contributed by atoms with Gasteiger partial charge in [0.1, 0.15) is 0 Å². The Kier molecular flexibility index (Phi) is 3.13. The number of anilines is 1. The molecule has 3 rings (SSSR count). The van der Waals surface area contributed by atoms with E-state index in [0.717, 1.165) is 21.9 Å². The maximum absolute atomic E-state index is 5.94. The molecule has 0 aliphatic rings. The van der Waals surface area contributed by atoms with E-state index in [4.69, 9.17) is 11.6 Å². The lowest BCUT2D eigenvalue weighted by Crippen LogP contribution is -1.98. The molecular weight excluding hydrogens is 266 g/mol. The van der Waals surface area contributed by atoms with Crippen molar-refractivity contribution in [2.75, 3.05) is 5.32 Å². The molecule has 0 amide bonds. The zero-order valence-corrected chi connectivity index (χ0v) is 11.0. The monoisotopic (exact) mass is 275 g/mol. The van der Waals surface area contributed by atoms with Crippen LogP contribution in [-0.2, 0) is 6.54 Å². The first-order valence-electron chi connectivity index (χ1n) is 5.50. The number of aromatic nitrogens is 2. The lowest BCUT2D eigenvalue weighted by Gasteiger charge is -2.01. The topological polar surface area (TPSA) is 37.8 Å². The van der Waals surface area contributed by atoms with E-state index in [-0.39, 0.29) is 0 Å². The fourth-order valence-corrected chi connectivity index (χ4v) is 2.66. The zero-order valence-electron chi connectivity index (χ0n) is 9.43. The zero-order chi connectivity index (χ0) is 12.4. The number of fused-ring (bicyclic) bond motifs is 1. The number of benzene rings is 1. The van der Waals surface area contributed by atoms with E-state index >= 15 is 0 Å². The van der Waals surface area contributed by atoms with Gasteiger partial charge in [-0.1, -0.05) is 22.9 Å². The molecule has 90 valence electrons. The van der Waals surface area contributed by atoms with Gasteiger partial charge in [0.05, 0.1) is 10.2 Å². The quantitative estimate of drug-likeness (QED) is 0.786. The molecule has 2 heterocycles. The van der Waals surface area contributed by atoms with Crippen molar-refractivity contribution in [3.63, 3.8) is 0 Å². The fraction of sp³-hybridized carbons (Fsp3) is 0.0769. The van der Waals surface area contributed by atoms with Crippen LogP contribution in [0.4, 0.5) is 5.13 Å². The van der Waals surface area contributed by atoms with Crippen molar-refractivity contribution in [1.82, 2.24) is 9.97 Å². The third-order valence-electron chi connectivity index (χ3n) is 2.54. The summed E-state index contributed by atoms with van der Waals surface area (Å²) in [7, 11) is 0. The van der Waals surface area contributed by atoms with Gasteiger partial charge in [-0.05, 0) is 35.9 Å². The second kappa shape index (κ2) is 4.92. The van der Waals surface area contributed by atoms with Gasteiger partial charge in [0.25, 0.3) is 0 Å². The summed E-state index contributed by atoms with van der Waals surface area (Å²) in [6, 6.07) is 9.72. The van der Waals surface area contributed by atoms with E-state index < -0.39 is 0 Å². The molecular formula is C13H10ClN3S. The van der Waals surface area contributed by atoms with Crippen molar-refractivity contribution >= 4 is 38.3 Å². The number of halogens is 1. The summed E-state index contributed by atoms with van der Waals surface area (Å²) in [4.78, 5) is 8.49. The van der Waals surface area contributed by atoms with E-state index in [1.807, 2.05) is 30.3 Å². The summed E-state index contributed by atoms with van der Waals surface area (Å²) in [5.74, 6) is 0. The summed E-state index contributed by atoms with van der Waals surface area (Å²) in [5, 5.41) is 4.93. The number of hydrogen-bond acceptors (Lipinski definition) is 4. The molecule has 2 aromatic heterocycles. The highest BCUT2D eigenvalue weighted by Gasteiger charge is 2.03. The highest BCUT2D eigenvalue weighted by atomic mass is 35.5. The van der Waals surface area contributed by atoms with E-state index in [1.165, 1.54) is 5.56 Å². The largest absolute Gasteiger partial charge is 0.357 e. The Morgan fingerprint density at radius 3 is 2.83 bits per heavy atom. The van der Waals surface area contributed by atoms with Gasteiger partial charge in [-0.25, -0.2) is 4.98 Å². The standard InChI is InChI=1S/C13H10ClN3S/c14-10-1-2-12-11(7-10)17-13(18-12)16-8-9-3-5-15-6-4-9/h1-7H,8H2,(H,16,17). The van der Waals surface area contributed by atoms with Gasteiger partial charge < -0.3 is 5.32 Å². The first-order chi connectivity index (χ1) is 8.81. The van der Waals surface area contributed by atoms with Gasteiger partial charge in [0, 0.05) is 24.0 Å². The number of rotatable bonds is 3. The number of pyridine rings is 1. The molecule has 0 radical (unpaired) electrons. The molecule has 0 aliphatic carbocycles. The van der Waals surface area contributed by atoms with Crippen LogP contribution >= 0.6 is 22.9 Å². The van der Waals surface area contributed by atoms with Crippen molar-refractivity contribution in [1.29, 1.82) is 0 Å². The second-order valence-corrected chi connectivity index (χ2v) is 5.31. The molecule has 18 heavy (non-hydrogen) atoms. The van der Waals surface area contributed by atoms with E-state index in [2.05, 4.69) is 15.3 Å². The molecule has 0 fully saturated rings. The first-order valence-corrected chi connectivity index (χ1v) is 6.69. The predicted octanol–water partition coefficient (Wildman–Crippen LogP) is 3.96. The Morgan fingerprint density at radius 2 is 2.00 bits per heavy atom. The first kappa shape index (κ1) is 11.4. The fourth-order valence-electron chi connectivity index (χ4n) is 1.65. The normalized spacial score (nSPS) is 10.7. The molecule has 0 bridgehead atoms. The van der Waals surface area contributed by atoms with Gasteiger partial charge in [0.2, 0.25) is 0 Å². The lowest BCUT2D eigenvalue weighted by atomic mass is 10.3. The van der Waals surface area contributed by atoms with Gasteiger partial charge in [-0.15, -0.1) is 0 Å². The smallest absolute Gasteiger partial charge is 0.184 e. The minimum atomic E-state index is 0.716. The Morgan fingerprint density at radius 1 is 1.17 bits per heavy atom. The third kappa shape index (κ3) is 2.44. The molecule has 0 unspecified atom stereocenters. The van der Waals surface area contributed by atoms with Crippen LogP contribution in [0.3, 0.4) is 0 Å². The Bertz CT molecular complexity index is 666. The minimum absolute atomic E-state index is 0.716. The summed E-state index contributed by atoms with van der Waals surface area (Å²) in [6.07, 6.45) is 3.57. The Labute approximate surface area is 113 Å². The number of hydrogen-bond donors (Lipinski definition) is 1. The molecule has 1 aromatic carbocycles. The van der Waals surface area contributed by atoms with E-state index in [1.54, 1.807) is 23.7 Å². The number of nitrogens with one attached hydrogen (secondary N) is 1. The van der Waals surface area contributed by atoms with Crippen LogP contribution in [0.2, 0.25) is 5.02 Å². The van der Waals surface area contributed by atoms with Crippen LogP contribution in [0, 0.1) is 0 Å². The van der Waals surface area contributed by atoms with Gasteiger partial charge in [0.15, 0.2) is 5.13 Å². The van der Waals surface area contributed by atoms with Crippen molar-refractivity contribution in [3.8, 4) is 0 Å². The molecule has 3 nitrogen and oxygen atoms in total. The summed E-state index contributed by atoms with van der Waals surface area (Å²) in [6.45, 7) is 0.746. The summed E-state index contributed by atoms with van der Waals surface area (Å²) >= 11 is 7.57. The molecule has 1 N–H and O–H groups in total. The SMILES string of the molecule is Clc1ccc2sc(NCc3ccncc3)nc2c1. The van der Waals surface area contributed by atoms with Gasteiger partial charge in [-0.3, -0.25) is 4.98 Å². The lowest BCUT2D eigenvalue weighted by molar-refractivity contribution is 1.12. The molecule has 0 saturated heterocycles. The highest BCUT2D eigenvalue weighted by molar-refractivity contribution is 7.22. The van der Waals surface area contributed by atoms with Crippen molar-refractivity contribution in [2.24, 2.45) is 0 Å². The third-order valence-corrected chi connectivity index (χ3v) is 3.77. The van der Waals surface area contributed by atoms with Crippen LogP contribution in [0.25, 0.3) is 10.2 Å². The van der Waals surface area contributed by atoms with Crippen LogP contribution < -0.4 is 5.32 Å². The molecule has 0 aliphatic heterocycles. The van der Waals surface area contributed by atoms with Gasteiger partial charge >= 0.3 is 0 Å². The summed E-state index contributed by atoms with van der Waals surface area (Å²) < 4.78 is 1.14. The van der Waals surface area contributed by atoms with E-state index in [9.17, 15) is 0 Å². The highest BCUT2D eigenvalue weighted by Crippen LogP contribution is 2.28. The van der Waals surface area contributed by atoms with Crippen molar-refractivity contribution in [3.05, 3.63) is 53.3 Å². The number of nitrogens with zero attached hydrogens (tertiary/aromatic N) is 2. The van der Waals surface area contributed by atoms with Crippen molar-refractivity contribution in [2.45, 2.75) is 6.54 Å². The molecule has 0 saturated carbocycles. The summed E-state index contributed by atoms with van der Waals surface area (Å²) in [5.41, 5.74) is 2.12. The van der Waals surface area contributed by atoms with Crippen LogP contribution in [0.15, 0.2) is 42.7 Å². The minimum Gasteiger partial charge on any atom is -0.357 e. The van der Waals surface area contributed by atoms with E-state index in [0.29, 0.717) is 5.02 Å². The Balaban J connectivity index is 1.79. The predicted molar refractivity (Wildman–Crippen MR) is 76.2 cm³/mol. The van der Waals surface area contributed by atoms with Crippen LogP contribution in [0.5, 0.6) is 0 Å². The average molecular weight is 276 g/mol. The molecule has 3 aromatic rings. The molecule has 0 atom stereocenters. The Hall–Kier alpha value is -1.65. The maximum Gasteiger partial charge on any atom is 0.184 e. The molecule has 0 spiro atoms. The van der Waals surface area contributed by atoms with Gasteiger partial charge in [-0.2, -0.15) is 0 Å².